The Morgan fingerprint density at radius 3 is 1.91 bits per heavy atom. The van der Waals surface area contributed by atoms with E-state index >= 15 is 8.78 Å². The fourth-order valence-electron chi connectivity index (χ4n) is 7.45. The second-order valence-corrected chi connectivity index (χ2v) is 14.3. The highest BCUT2D eigenvalue weighted by Crippen LogP contribution is 2.66. The van der Waals surface area contributed by atoms with Crippen LogP contribution in [0.4, 0.5) is 33.3 Å². The average molecular weight is 803 g/mol. The standard InChI is InChI=1S/C32H18Cl2F5IN2O5/c33-31-11-18-16(9-10-17-19(18)28(45)41(27(17)44)14-5-3-13(40)4-6-14)20(12-1-7-15(43)8-2-12)32(31,34)30(47)42(29(31)46)26-24(38)22(36)21(35)23(37)25(26)39/h1-9,17-20,43H,10-11H2. The Morgan fingerprint density at radius 1 is 0.745 bits per heavy atom. The van der Waals surface area contributed by atoms with Crippen molar-refractivity contribution < 1.29 is 46.2 Å². The number of rotatable bonds is 3. The quantitative estimate of drug-likeness (QED) is 0.0625. The number of anilines is 2. The van der Waals surface area contributed by atoms with E-state index in [1.165, 1.54) is 24.3 Å². The van der Waals surface area contributed by atoms with Crippen LogP contribution in [0.3, 0.4) is 0 Å². The van der Waals surface area contributed by atoms with Crippen molar-refractivity contribution in [1.29, 1.82) is 0 Å². The molecule has 2 aliphatic heterocycles. The highest BCUT2D eigenvalue weighted by atomic mass is 127. The third-order valence-electron chi connectivity index (χ3n) is 9.53. The second-order valence-electron chi connectivity index (χ2n) is 11.8. The van der Waals surface area contributed by atoms with E-state index in [4.69, 9.17) is 23.2 Å². The molecule has 7 nitrogen and oxygen atoms in total. The van der Waals surface area contributed by atoms with Crippen molar-refractivity contribution in [2.45, 2.75) is 28.5 Å². The van der Waals surface area contributed by atoms with Crippen LogP contribution >= 0.6 is 45.8 Å². The van der Waals surface area contributed by atoms with Gasteiger partial charge in [0.15, 0.2) is 33.0 Å². The Bertz CT molecular complexity index is 1950. The van der Waals surface area contributed by atoms with Crippen LogP contribution in [0.2, 0.25) is 0 Å². The minimum atomic E-state index is -2.63. The molecule has 3 fully saturated rings. The molecule has 2 heterocycles. The molecule has 3 aromatic rings. The van der Waals surface area contributed by atoms with Gasteiger partial charge in [0, 0.05) is 9.49 Å². The van der Waals surface area contributed by atoms with Crippen molar-refractivity contribution in [3.05, 3.63) is 98.4 Å². The molecule has 6 atom stereocenters. The molecule has 4 aliphatic rings. The summed E-state index contributed by atoms with van der Waals surface area (Å²) in [5, 5.41) is 9.98. The molecule has 4 amide bonds. The van der Waals surface area contributed by atoms with Gasteiger partial charge in [-0.3, -0.25) is 24.1 Å². The van der Waals surface area contributed by atoms with Gasteiger partial charge >= 0.3 is 0 Å². The number of phenolic OH excluding ortho intramolecular Hbond substituents is 1. The summed E-state index contributed by atoms with van der Waals surface area (Å²) in [5.74, 6) is -21.1. The minimum Gasteiger partial charge on any atom is -0.508 e. The predicted octanol–water partition coefficient (Wildman–Crippen LogP) is 6.46. The first-order valence-electron chi connectivity index (χ1n) is 14.1. The van der Waals surface area contributed by atoms with Gasteiger partial charge < -0.3 is 5.11 Å². The maximum Gasteiger partial charge on any atom is 0.258 e. The van der Waals surface area contributed by atoms with Crippen molar-refractivity contribution in [1.82, 2.24) is 0 Å². The maximum absolute atomic E-state index is 15.1. The van der Waals surface area contributed by atoms with E-state index in [-0.39, 0.29) is 22.6 Å². The highest BCUT2D eigenvalue weighted by Gasteiger charge is 2.77. The Morgan fingerprint density at radius 2 is 1.32 bits per heavy atom. The largest absolute Gasteiger partial charge is 0.508 e. The molecule has 0 bridgehead atoms. The summed E-state index contributed by atoms with van der Waals surface area (Å²) in [4.78, 5) is 51.7. The summed E-state index contributed by atoms with van der Waals surface area (Å²) in [7, 11) is 0. The third kappa shape index (κ3) is 4.14. The molecule has 3 aromatic carbocycles. The molecule has 0 radical (unpaired) electrons. The van der Waals surface area contributed by atoms with Gasteiger partial charge in [-0.2, -0.15) is 0 Å². The summed E-state index contributed by atoms with van der Waals surface area (Å²) >= 11 is 16.2. The van der Waals surface area contributed by atoms with E-state index in [0.29, 0.717) is 11.3 Å². The fourth-order valence-corrected chi connectivity index (χ4v) is 8.75. The number of imide groups is 2. The molecule has 7 rings (SSSR count). The zero-order valence-electron chi connectivity index (χ0n) is 23.4. The van der Waals surface area contributed by atoms with Crippen LogP contribution in [-0.2, 0) is 19.2 Å². The fraction of sp³-hybridized carbons (Fsp3) is 0.250. The monoisotopic (exact) mass is 802 g/mol. The van der Waals surface area contributed by atoms with E-state index in [1.807, 2.05) is 0 Å². The summed E-state index contributed by atoms with van der Waals surface area (Å²) in [6, 6.07) is 11.8. The molecule has 15 heteroatoms. The average Bonchev–Trinajstić information content (AvgIpc) is 3.38. The van der Waals surface area contributed by atoms with Gasteiger partial charge in [0.05, 0.1) is 17.5 Å². The van der Waals surface area contributed by atoms with E-state index in [9.17, 15) is 37.5 Å². The first kappa shape index (κ1) is 32.0. The van der Waals surface area contributed by atoms with Crippen LogP contribution in [0, 0.1) is 50.4 Å². The molecule has 47 heavy (non-hydrogen) atoms. The minimum absolute atomic E-state index is 0.0161. The van der Waals surface area contributed by atoms with Crippen LogP contribution in [0.5, 0.6) is 5.75 Å². The van der Waals surface area contributed by atoms with E-state index in [1.54, 1.807) is 30.3 Å². The predicted molar refractivity (Wildman–Crippen MR) is 166 cm³/mol. The van der Waals surface area contributed by atoms with Crippen LogP contribution in [0.25, 0.3) is 0 Å². The number of allylic oxidation sites excluding steroid dienone is 2. The number of carbonyl (C=O) groups is 4. The first-order chi connectivity index (χ1) is 22.1. The molecule has 242 valence electrons. The summed E-state index contributed by atoms with van der Waals surface area (Å²) in [6.07, 6.45) is 1.02. The highest BCUT2D eigenvalue weighted by molar-refractivity contribution is 14.1. The Kier molecular flexibility index (Phi) is 7.30. The van der Waals surface area contributed by atoms with Crippen LogP contribution < -0.4 is 9.80 Å². The van der Waals surface area contributed by atoms with Crippen LogP contribution in [0.1, 0.15) is 24.3 Å². The normalized spacial score (nSPS) is 30.0. The SMILES string of the molecule is O=C1C2CC=C3C(CC4(Cl)C(=O)N(c5c(F)c(F)c(F)c(F)c5F)C(=O)C4(Cl)C3c3ccc(O)cc3)C2C(=O)N1c1ccc(I)cc1. The lowest BCUT2D eigenvalue weighted by atomic mass is 9.56. The molecule has 0 spiro atoms. The Balaban J connectivity index is 1.42. The van der Waals surface area contributed by atoms with Crippen molar-refractivity contribution in [3.63, 3.8) is 0 Å². The number of hydrogen-bond donors (Lipinski definition) is 1. The Hall–Kier alpha value is -3.56. The van der Waals surface area contributed by atoms with Crippen LogP contribution in [0.15, 0.2) is 60.2 Å². The number of benzene rings is 3. The lowest BCUT2D eigenvalue weighted by molar-refractivity contribution is -0.125. The number of amides is 4. The van der Waals surface area contributed by atoms with Crippen molar-refractivity contribution in [3.8, 4) is 5.75 Å². The lowest BCUT2D eigenvalue weighted by Crippen LogP contribution is -2.60. The number of aromatic hydroxyl groups is 1. The summed E-state index contributed by atoms with van der Waals surface area (Å²) in [6.45, 7) is 0. The first-order valence-corrected chi connectivity index (χ1v) is 15.9. The number of alkyl halides is 2. The summed E-state index contributed by atoms with van der Waals surface area (Å²) in [5.41, 5.74) is -1.04. The molecule has 2 aliphatic carbocycles. The van der Waals surface area contributed by atoms with Gasteiger partial charge in [0.2, 0.25) is 17.6 Å². The number of phenols is 1. The summed E-state index contributed by atoms with van der Waals surface area (Å²) < 4.78 is 73.7. The number of halogens is 8. The lowest BCUT2D eigenvalue weighted by Gasteiger charge is -2.50. The molecular formula is C32H18Cl2F5IN2O5. The number of hydrogen-bond acceptors (Lipinski definition) is 5. The van der Waals surface area contributed by atoms with Crippen LogP contribution in [-0.4, -0.2) is 38.5 Å². The zero-order valence-corrected chi connectivity index (χ0v) is 27.1. The molecule has 1 saturated carbocycles. The van der Waals surface area contributed by atoms with Gasteiger partial charge in [-0.1, -0.05) is 23.8 Å². The van der Waals surface area contributed by atoms with Crippen molar-refractivity contribution in [2.24, 2.45) is 17.8 Å². The second kappa shape index (κ2) is 10.7. The molecule has 2 saturated heterocycles. The van der Waals surface area contributed by atoms with Gasteiger partial charge in [-0.15, -0.1) is 23.2 Å². The molecule has 0 aromatic heterocycles. The molecular weight excluding hydrogens is 785 g/mol. The van der Waals surface area contributed by atoms with Crippen molar-refractivity contribution in [2.75, 3.05) is 9.80 Å². The molecule has 6 unspecified atom stereocenters. The van der Waals surface area contributed by atoms with E-state index in [0.717, 1.165) is 8.47 Å². The number of nitrogens with zero attached hydrogens (tertiary/aromatic N) is 2. The van der Waals surface area contributed by atoms with Gasteiger partial charge in [-0.25, -0.2) is 26.9 Å². The van der Waals surface area contributed by atoms with E-state index < -0.39 is 98.2 Å². The topological polar surface area (TPSA) is 95.0 Å². The number of fused-ring (bicyclic) bond motifs is 4. The van der Waals surface area contributed by atoms with E-state index in [2.05, 4.69) is 22.6 Å². The van der Waals surface area contributed by atoms with Gasteiger partial charge in [-0.05, 0) is 83.3 Å². The van der Waals surface area contributed by atoms with Crippen molar-refractivity contribution >= 4 is 80.8 Å². The van der Waals surface area contributed by atoms with Gasteiger partial charge in [0.25, 0.3) is 11.8 Å². The smallest absolute Gasteiger partial charge is 0.258 e. The zero-order chi connectivity index (χ0) is 33.9. The third-order valence-corrected chi connectivity index (χ3v) is 11.7. The molecule has 1 N–H and O–H groups in total. The Labute approximate surface area is 286 Å². The number of carbonyl (C=O) groups excluding carboxylic acids is 4. The maximum atomic E-state index is 15.1. The van der Waals surface area contributed by atoms with Gasteiger partial charge in [0.1, 0.15) is 11.4 Å².